The summed E-state index contributed by atoms with van der Waals surface area (Å²) in [6.07, 6.45) is 6.95. The van der Waals surface area contributed by atoms with Crippen molar-refractivity contribution in [2.45, 2.75) is 50.1 Å². The smallest absolute Gasteiger partial charge is 0.191 e. The first kappa shape index (κ1) is 23.2. The first-order valence-electron chi connectivity index (χ1n) is 10.0. The predicted octanol–water partition coefficient (Wildman–Crippen LogP) is 0.907. The molecule has 1 atom stereocenters. The maximum Gasteiger partial charge on any atom is 0.191 e. The first-order chi connectivity index (χ1) is 12.4. The zero-order chi connectivity index (χ0) is 18.6. The number of guanidine groups is 1. The normalized spacial score (nSPS) is 29.1. The molecular weight excluding hydrogens is 477 g/mol. The van der Waals surface area contributed by atoms with E-state index in [1.807, 2.05) is 0 Å². The van der Waals surface area contributed by atoms with Gasteiger partial charge in [0.1, 0.15) is 0 Å². The van der Waals surface area contributed by atoms with Crippen LogP contribution in [0.1, 0.15) is 38.5 Å². The van der Waals surface area contributed by atoms with Gasteiger partial charge < -0.3 is 15.5 Å². The largest absolute Gasteiger partial charge is 0.355 e. The maximum absolute atomic E-state index is 11.7. The molecule has 3 aliphatic rings. The first-order valence-corrected chi connectivity index (χ1v) is 11.9. The molecule has 9 heteroatoms. The van der Waals surface area contributed by atoms with Crippen LogP contribution in [0.15, 0.2) is 4.99 Å². The molecule has 3 aliphatic heterocycles. The van der Waals surface area contributed by atoms with Crippen molar-refractivity contribution in [1.29, 1.82) is 0 Å². The van der Waals surface area contributed by atoms with Gasteiger partial charge in [0.15, 0.2) is 15.8 Å². The molecule has 0 aromatic carbocycles. The van der Waals surface area contributed by atoms with Crippen molar-refractivity contribution in [1.82, 2.24) is 20.4 Å². The Labute approximate surface area is 181 Å². The second kappa shape index (κ2) is 10.1. The fraction of sp³-hybridized carbons (Fsp3) is 0.944. The third kappa shape index (κ3) is 6.17. The summed E-state index contributed by atoms with van der Waals surface area (Å²) in [5.41, 5.74) is 0.187. The van der Waals surface area contributed by atoms with Crippen LogP contribution in [0.5, 0.6) is 0 Å². The minimum Gasteiger partial charge on any atom is -0.355 e. The number of nitrogens with zero attached hydrogens (tertiary/aromatic N) is 3. The van der Waals surface area contributed by atoms with Gasteiger partial charge in [0.2, 0.25) is 0 Å². The van der Waals surface area contributed by atoms with E-state index in [1.165, 1.54) is 45.2 Å². The average Bonchev–Trinajstić information content (AvgIpc) is 2.99. The predicted molar refractivity (Wildman–Crippen MR) is 122 cm³/mol. The van der Waals surface area contributed by atoms with E-state index in [-0.39, 0.29) is 47.1 Å². The summed E-state index contributed by atoms with van der Waals surface area (Å²) in [5, 5.41) is 6.85. The molecular formula is C18H36IN5O2S. The number of hydrogen-bond donors (Lipinski definition) is 2. The lowest BCUT2D eigenvalue weighted by atomic mass is 9.84. The van der Waals surface area contributed by atoms with E-state index in [2.05, 4.69) is 32.5 Å². The second-order valence-electron chi connectivity index (χ2n) is 8.25. The Morgan fingerprint density at radius 1 is 1.15 bits per heavy atom. The molecule has 158 valence electrons. The standard InChI is InChI=1S/C18H35N5O2S.HI/c1-19-17(21-16-6-13-26(24,25)14-16)20-15-18(7-11-22(2)12-8-18)23-9-4-3-5-10-23;/h16H,3-15H2,1-2H3,(H2,19,20,21);1H. The number of nitrogens with one attached hydrogen (secondary N) is 2. The molecule has 2 N–H and O–H groups in total. The SMILES string of the molecule is CN=C(NCC1(N2CCCCC2)CCN(C)CC1)NC1CCS(=O)(=O)C1.I. The van der Waals surface area contributed by atoms with Crippen LogP contribution in [0, 0.1) is 0 Å². The van der Waals surface area contributed by atoms with Gasteiger partial charge in [-0.3, -0.25) is 9.89 Å². The quantitative estimate of drug-likeness (QED) is 0.331. The number of halogens is 1. The van der Waals surface area contributed by atoms with Crippen LogP contribution in [0.3, 0.4) is 0 Å². The van der Waals surface area contributed by atoms with Gasteiger partial charge in [-0.2, -0.15) is 0 Å². The third-order valence-electron chi connectivity index (χ3n) is 6.33. The topological polar surface area (TPSA) is 77.0 Å². The highest BCUT2D eigenvalue weighted by Crippen LogP contribution is 2.30. The van der Waals surface area contributed by atoms with E-state index in [0.29, 0.717) is 6.42 Å². The summed E-state index contributed by atoms with van der Waals surface area (Å²) in [4.78, 5) is 9.46. The van der Waals surface area contributed by atoms with E-state index >= 15 is 0 Å². The zero-order valence-corrected chi connectivity index (χ0v) is 19.9. The van der Waals surface area contributed by atoms with Crippen LogP contribution in [-0.4, -0.2) is 94.1 Å². The van der Waals surface area contributed by atoms with Gasteiger partial charge in [0.25, 0.3) is 0 Å². The third-order valence-corrected chi connectivity index (χ3v) is 8.09. The summed E-state index contributed by atoms with van der Waals surface area (Å²) in [7, 11) is 1.09. The number of piperidine rings is 2. The average molecular weight is 513 g/mol. The van der Waals surface area contributed by atoms with Crippen LogP contribution in [-0.2, 0) is 9.84 Å². The Hall–Kier alpha value is -0.130. The van der Waals surface area contributed by atoms with Crippen molar-refractivity contribution in [3.8, 4) is 0 Å². The molecule has 0 bridgehead atoms. The molecule has 0 amide bonds. The number of hydrogen-bond acceptors (Lipinski definition) is 5. The summed E-state index contributed by atoms with van der Waals surface area (Å²) >= 11 is 0. The molecule has 7 nitrogen and oxygen atoms in total. The summed E-state index contributed by atoms with van der Waals surface area (Å²) in [6, 6.07) is -0.0189. The minimum atomic E-state index is -2.88. The molecule has 0 radical (unpaired) electrons. The highest BCUT2D eigenvalue weighted by Gasteiger charge is 2.39. The van der Waals surface area contributed by atoms with Crippen LogP contribution < -0.4 is 10.6 Å². The van der Waals surface area contributed by atoms with E-state index in [4.69, 9.17) is 0 Å². The van der Waals surface area contributed by atoms with Crippen molar-refractivity contribution in [3.63, 3.8) is 0 Å². The molecule has 0 aromatic rings. The van der Waals surface area contributed by atoms with Crippen LogP contribution in [0.4, 0.5) is 0 Å². The summed E-state index contributed by atoms with van der Waals surface area (Å²) in [5.74, 6) is 1.24. The van der Waals surface area contributed by atoms with Gasteiger partial charge in [-0.15, -0.1) is 24.0 Å². The Bertz CT molecular complexity index is 599. The lowest BCUT2D eigenvalue weighted by Crippen LogP contribution is -2.62. The molecule has 1 unspecified atom stereocenters. The number of aliphatic imine (C=N–C) groups is 1. The maximum atomic E-state index is 11.7. The molecule has 0 aliphatic carbocycles. The van der Waals surface area contributed by atoms with E-state index in [9.17, 15) is 8.42 Å². The molecule has 3 saturated heterocycles. The lowest BCUT2D eigenvalue weighted by molar-refractivity contribution is 0.0173. The Morgan fingerprint density at radius 3 is 2.37 bits per heavy atom. The Balaban J connectivity index is 0.00000261. The molecule has 3 heterocycles. The fourth-order valence-electron chi connectivity index (χ4n) is 4.55. The van der Waals surface area contributed by atoms with Crippen LogP contribution >= 0.6 is 24.0 Å². The van der Waals surface area contributed by atoms with Crippen molar-refractivity contribution in [2.75, 3.05) is 58.3 Å². The second-order valence-corrected chi connectivity index (χ2v) is 10.5. The highest BCUT2D eigenvalue weighted by atomic mass is 127. The van der Waals surface area contributed by atoms with Gasteiger partial charge in [-0.05, 0) is 65.3 Å². The monoisotopic (exact) mass is 513 g/mol. The summed E-state index contributed by atoms with van der Waals surface area (Å²) < 4.78 is 23.4. The van der Waals surface area contributed by atoms with Crippen molar-refractivity contribution >= 4 is 39.8 Å². The molecule has 0 spiro atoms. The van der Waals surface area contributed by atoms with Gasteiger partial charge in [-0.25, -0.2) is 8.42 Å². The van der Waals surface area contributed by atoms with Crippen LogP contribution in [0.25, 0.3) is 0 Å². The Kier molecular flexibility index (Phi) is 8.63. The van der Waals surface area contributed by atoms with Crippen LogP contribution in [0.2, 0.25) is 0 Å². The molecule has 27 heavy (non-hydrogen) atoms. The molecule has 0 saturated carbocycles. The van der Waals surface area contributed by atoms with Crippen molar-refractivity contribution in [3.05, 3.63) is 0 Å². The number of likely N-dealkylation sites (tertiary alicyclic amines) is 2. The number of rotatable bonds is 4. The van der Waals surface area contributed by atoms with E-state index < -0.39 is 9.84 Å². The van der Waals surface area contributed by atoms with Crippen molar-refractivity contribution < 1.29 is 8.42 Å². The summed E-state index contributed by atoms with van der Waals surface area (Å²) in [6.45, 7) is 5.52. The van der Waals surface area contributed by atoms with Crippen molar-refractivity contribution in [2.24, 2.45) is 4.99 Å². The fourth-order valence-corrected chi connectivity index (χ4v) is 6.23. The van der Waals surface area contributed by atoms with Gasteiger partial charge in [0, 0.05) is 25.2 Å². The Morgan fingerprint density at radius 2 is 1.81 bits per heavy atom. The van der Waals surface area contributed by atoms with Gasteiger partial charge >= 0.3 is 0 Å². The molecule has 0 aromatic heterocycles. The number of sulfone groups is 1. The molecule has 3 rings (SSSR count). The zero-order valence-electron chi connectivity index (χ0n) is 16.7. The van der Waals surface area contributed by atoms with E-state index in [1.54, 1.807) is 7.05 Å². The lowest BCUT2D eigenvalue weighted by Gasteiger charge is -2.50. The minimum absolute atomic E-state index is 0. The van der Waals surface area contributed by atoms with Gasteiger partial charge in [-0.1, -0.05) is 6.42 Å². The van der Waals surface area contributed by atoms with E-state index in [0.717, 1.165) is 25.6 Å². The highest BCUT2D eigenvalue weighted by molar-refractivity contribution is 14.0. The van der Waals surface area contributed by atoms with Gasteiger partial charge in [0.05, 0.1) is 11.5 Å². The molecule has 3 fully saturated rings.